The third kappa shape index (κ3) is 5.35. The molecule has 1 amide bonds. The van der Waals surface area contributed by atoms with Crippen LogP contribution in [0.3, 0.4) is 0 Å². The minimum absolute atomic E-state index is 0.0641. The van der Waals surface area contributed by atoms with Gasteiger partial charge in [-0.15, -0.1) is 11.8 Å². The van der Waals surface area contributed by atoms with Crippen LogP contribution < -0.4 is 5.32 Å². The first kappa shape index (κ1) is 13.5. The molecule has 92 valence electrons. The van der Waals surface area contributed by atoms with E-state index in [9.17, 15) is 9.59 Å². The van der Waals surface area contributed by atoms with E-state index >= 15 is 0 Å². The van der Waals surface area contributed by atoms with Gasteiger partial charge in [0.2, 0.25) is 5.91 Å². The van der Waals surface area contributed by atoms with Crippen LogP contribution in [0, 0.1) is 0 Å². The van der Waals surface area contributed by atoms with Crippen LogP contribution in [-0.2, 0) is 9.59 Å². The predicted molar refractivity (Wildman–Crippen MR) is 65.8 cm³/mol. The van der Waals surface area contributed by atoms with E-state index in [1.807, 2.05) is 19.1 Å². The zero-order valence-electron chi connectivity index (χ0n) is 9.42. The first-order chi connectivity index (χ1) is 8.09. The molecule has 0 aliphatic carbocycles. The van der Waals surface area contributed by atoms with Crippen molar-refractivity contribution in [3.05, 3.63) is 30.1 Å². The Morgan fingerprint density at radius 1 is 1.47 bits per heavy atom. The molecule has 5 nitrogen and oxygen atoms in total. The Labute approximate surface area is 104 Å². The van der Waals surface area contributed by atoms with Gasteiger partial charge in [0.25, 0.3) is 0 Å². The van der Waals surface area contributed by atoms with E-state index in [1.54, 1.807) is 12.3 Å². The Balaban J connectivity index is 2.34. The number of hydrogen-bond donors (Lipinski definition) is 2. The minimum Gasteiger partial charge on any atom is -0.481 e. The average molecular weight is 254 g/mol. The molecule has 1 rings (SSSR count). The van der Waals surface area contributed by atoms with Crippen molar-refractivity contribution in [3.63, 3.8) is 0 Å². The van der Waals surface area contributed by atoms with Gasteiger partial charge in [0.15, 0.2) is 0 Å². The molecule has 2 N–H and O–H groups in total. The third-order valence-electron chi connectivity index (χ3n) is 1.97. The summed E-state index contributed by atoms with van der Waals surface area (Å²) in [6.07, 6.45) is 1.66. The molecule has 1 aromatic heterocycles. The summed E-state index contributed by atoms with van der Waals surface area (Å²) in [5.41, 5.74) is 0.782. The lowest BCUT2D eigenvalue weighted by atomic mass is 10.2. The number of carboxylic acid groups (broad SMARTS) is 1. The fourth-order valence-electron chi connectivity index (χ4n) is 1.22. The molecule has 1 aromatic rings. The molecule has 17 heavy (non-hydrogen) atoms. The quantitative estimate of drug-likeness (QED) is 0.794. The molecule has 0 bridgehead atoms. The minimum atomic E-state index is -0.916. The summed E-state index contributed by atoms with van der Waals surface area (Å²) in [4.78, 5) is 25.8. The largest absolute Gasteiger partial charge is 0.481 e. The van der Waals surface area contributed by atoms with Gasteiger partial charge in [-0.25, -0.2) is 0 Å². The number of hydrogen-bond acceptors (Lipinski definition) is 4. The van der Waals surface area contributed by atoms with Gasteiger partial charge in [-0.2, -0.15) is 0 Å². The van der Waals surface area contributed by atoms with Crippen LogP contribution >= 0.6 is 11.8 Å². The van der Waals surface area contributed by atoms with Crippen molar-refractivity contribution in [2.75, 3.05) is 11.5 Å². The maximum atomic E-state index is 11.5. The maximum Gasteiger partial charge on any atom is 0.313 e. The average Bonchev–Trinajstić information content (AvgIpc) is 2.29. The van der Waals surface area contributed by atoms with Crippen LogP contribution in [0.15, 0.2) is 24.4 Å². The maximum absolute atomic E-state index is 11.5. The summed E-state index contributed by atoms with van der Waals surface area (Å²) < 4.78 is 0. The number of aromatic nitrogens is 1. The SMILES string of the molecule is C[C@H](NC(=O)CSCC(=O)O)c1ccccn1. The van der Waals surface area contributed by atoms with E-state index in [-0.39, 0.29) is 23.5 Å². The van der Waals surface area contributed by atoms with Gasteiger partial charge in [0.1, 0.15) is 0 Å². The van der Waals surface area contributed by atoms with Gasteiger partial charge in [-0.05, 0) is 19.1 Å². The van der Waals surface area contributed by atoms with Crippen molar-refractivity contribution in [2.24, 2.45) is 0 Å². The lowest BCUT2D eigenvalue weighted by molar-refractivity contribution is -0.133. The van der Waals surface area contributed by atoms with Gasteiger partial charge in [-0.3, -0.25) is 14.6 Å². The number of nitrogens with one attached hydrogen (secondary N) is 1. The first-order valence-corrected chi connectivity index (χ1v) is 6.25. The molecular weight excluding hydrogens is 240 g/mol. The Hall–Kier alpha value is -1.56. The second-order valence-electron chi connectivity index (χ2n) is 3.43. The van der Waals surface area contributed by atoms with Gasteiger partial charge in [0, 0.05) is 6.20 Å². The summed E-state index contributed by atoms with van der Waals surface area (Å²) in [5.74, 6) is -1.02. The van der Waals surface area contributed by atoms with E-state index in [4.69, 9.17) is 5.11 Å². The third-order valence-corrected chi connectivity index (χ3v) is 2.88. The van der Waals surface area contributed by atoms with Crippen molar-refractivity contribution >= 4 is 23.6 Å². The van der Waals surface area contributed by atoms with Crippen molar-refractivity contribution in [3.8, 4) is 0 Å². The highest BCUT2D eigenvalue weighted by molar-refractivity contribution is 8.00. The lowest BCUT2D eigenvalue weighted by Gasteiger charge is -2.12. The van der Waals surface area contributed by atoms with Crippen LogP contribution in [-0.4, -0.2) is 33.5 Å². The Kier molecular flexibility index (Phi) is 5.48. The molecule has 0 unspecified atom stereocenters. The summed E-state index contributed by atoms with van der Waals surface area (Å²) >= 11 is 1.07. The van der Waals surface area contributed by atoms with E-state index in [2.05, 4.69) is 10.3 Å². The molecule has 6 heteroatoms. The standard InChI is InChI=1S/C11H14N2O3S/c1-8(9-4-2-3-5-12-9)13-10(14)6-17-7-11(15)16/h2-5,8H,6-7H2,1H3,(H,13,14)(H,15,16)/t8-/m0/s1. The number of amides is 1. The normalized spacial score (nSPS) is 11.8. The molecule has 0 saturated carbocycles. The number of thioether (sulfide) groups is 1. The smallest absolute Gasteiger partial charge is 0.313 e. The molecule has 0 aliphatic heterocycles. The van der Waals surface area contributed by atoms with Crippen LogP contribution in [0.25, 0.3) is 0 Å². The van der Waals surface area contributed by atoms with Crippen molar-refractivity contribution < 1.29 is 14.7 Å². The molecule has 1 atom stereocenters. The first-order valence-electron chi connectivity index (χ1n) is 5.09. The summed E-state index contributed by atoms with van der Waals surface area (Å²) in [7, 11) is 0. The van der Waals surface area contributed by atoms with E-state index < -0.39 is 5.97 Å². The summed E-state index contributed by atoms with van der Waals surface area (Å²) in [5, 5.41) is 11.2. The molecule has 0 fully saturated rings. The number of aliphatic carboxylic acids is 1. The van der Waals surface area contributed by atoms with Gasteiger partial charge in [0.05, 0.1) is 23.2 Å². The Bertz CT molecular complexity index is 384. The van der Waals surface area contributed by atoms with Crippen LogP contribution in [0.1, 0.15) is 18.7 Å². The topological polar surface area (TPSA) is 79.3 Å². The zero-order valence-corrected chi connectivity index (χ0v) is 10.2. The fourth-order valence-corrected chi connectivity index (χ4v) is 1.77. The predicted octanol–water partition coefficient (Wildman–Crippen LogP) is 1.08. The van der Waals surface area contributed by atoms with E-state index in [0.717, 1.165) is 17.5 Å². The van der Waals surface area contributed by atoms with Gasteiger partial charge < -0.3 is 10.4 Å². The number of pyridine rings is 1. The molecule has 0 radical (unpaired) electrons. The summed E-state index contributed by atoms with van der Waals surface area (Å²) in [6.45, 7) is 1.84. The Morgan fingerprint density at radius 3 is 2.82 bits per heavy atom. The van der Waals surface area contributed by atoms with Crippen LogP contribution in [0.4, 0.5) is 0 Å². The molecule has 0 saturated heterocycles. The molecule has 0 aliphatic rings. The van der Waals surface area contributed by atoms with Crippen molar-refractivity contribution in [1.29, 1.82) is 0 Å². The monoisotopic (exact) mass is 254 g/mol. The number of carboxylic acids is 1. The number of carbonyl (C=O) groups excluding carboxylic acids is 1. The lowest BCUT2D eigenvalue weighted by Crippen LogP contribution is -2.29. The van der Waals surface area contributed by atoms with Gasteiger partial charge >= 0.3 is 5.97 Å². The highest BCUT2D eigenvalue weighted by Crippen LogP contribution is 2.08. The molecule has 0 spiro atoms. The summed E-state index contributed by atoms with van der Waals surface area (Å²) in [6, 6.07) is 5.31. The second kappa shape index (κ2) is 6.90. The van der Waals surface area contributed by atoms with Crippen LogP contribution in [0.5, 0.6) is 0 Å². The van der Waals surface area contributed by atoms with Crippen molar-refractivity contribution in [1.82, 2.24) is 10.3 Å². The Morgan fingerprint density at radius 2 is 2.24 bits per heavy atom. The molecular formula is C11H14N2O3S. The van der Waals surface area contributed by atoms with Crippen LogP contribution in [0.2, 0.25) is 0 Å². The number of carbonyl (C=O) groups is 2. The molecule has 0 aromatic carbocycles. The zero-order chi connectivity index (χ0) is 12.7. The van der Waals surface area contributed by atoms with Gasteiger partial charge in [-0.1, -0.05) is 6.07 Å². The second-order valence-corrected chi connectivity index (χ2v) is 4.42. The number of rotatable bonds is 6. The molecule has 1 heterocycles. The highest BCUT2D eigenvalue weighted by atomic mass is 32.2. The fraction of sp³-hybridized carbons (Fsp3) is 0.364. The van der Waals surface area contributed by atoms with E-state index in [1.165, 1.54) is 0 Å². The number of nitrogens with zero attached hydrogens (tertiary/aromatic N) is 1. The highest BCUT2D eigenvalue weighted by Gasteiger charge is 2.10. The van der Waals surface area contributed by atoms with Crippen molar-refractivity contribution in [2.45, 2.75) is 13.0 Å². The van der Waals surface area contributed by atoms with E-state index in [0.29, 0.717) is 0 Å².